The summed E-state index contributed by atoms with van der Waals surface area (Å²) in [4.78, 5) is 4.49. The van der Waals surface area contributed by atoms with Crippen molar-refractivity contribution in [3.63, 3.8) is 0 Å². The van der Waals surface area contributed by atoms with Crippen molar-refractivity contribution in [1.29, 1.82) is 0 Å². The molecule has 1 aromatic carbocycles. The molecule has 3 N–H and O–H groups in total. The summed E-state index contributed by atoms with van der Waals surface area (Å²) in [6.07, 6.45) is 0. The summed E-state index contributed by atoms with van der Waals surface area (Å²) in [5, 5.41) is 3.07. The van der Waals surface area contributed by atoms with E-state index in [9.17, 15) is 0 Å². The van der Waals surface area contributed by atoms with Crippen LogP contribution in [0.25, 0.3) is 10.6 Å². The van der Waals surface area contributed by atoms with Crippen LogP contribution in [-0.2, 0) is 6.54 Å². The number of nitrogens with two attached hydrogens (primary N) is 1. The van der Waals surface area contributed by atoms with Gasteiger partial charge in [0.15, 0.2) is 0 Å². The van der Waals surface area contributed by atoms with Crippen molar-refractivity contribution in [3.8, 4) is 10.6 Å². The van der Waals surface area contributed by atoms with Crippen LogP contribution >= 0.6 is 11.3 Å². The molecule has 2 rings (SSSR count). The molecule has 0 spiro atoms. The number of nitrogens with zero attached hydrogens (tertiary/aromatic N) is 1. The van der Waals surface area contributed by atoms with Crippen LogP contribution in [0.3, 0.4) is 0 Å². The van der Waals surface area contributed by atoms with E-state index in [0.717, 1.165) is 10.7 Å². The highest BCUT2D eigenvalue weighted by atomic mass is 32.1. The quantitative estimate of drug-likeness (QED) is 0.614. The largest absolute Gasteiger partial charge is 0.271 e. The van der Waals surface area contributed by atoms with E-state index in [2.05, 4.69) is 35.5 Å². The molecule has 0 aliphatic carbocycles. The van der Waals surface area contributed by atoms with Crippen LogP contribution in [0.15, 0.2) is 29.6 Å². The van der Waals surface area contributed by atoms with Gasteiger partial charge in [0.25, 0.3) is 0 Å². The topological polar surface area (TPSA) is 50.9 Å². The number of rotatable bonds is 3. The van der Waals surface area contributed by atoms with Gasteiger partial charge in [0.1, 0.15) is 5.01 Å². The molecule has 0 amide bonds. The Balaban J connectivity index is 2.29. The lowest BCUT2D eigenvalue weighted by molar-refractivity contribution is 0.727. The lowest BCUT2D eigenvalue weighted by Crippen LogP contribution is -2.20. The van der Waals surface area contributed by atoms with Crippen LogP contribution in [0.4, 0.5) is 0 Å². The van der Waals surface area contributed by atoms with Crippen molar-refractivity contribution in [2.45, 2.75) is 13.5 Å². The summed E-state index contributed by atoms with van der Waals surface area (Å²) in [6, 6.07) is 8.34. The predicted molar refractivity (Wildman–Crippen MR) is 63.3 cm³/mol. The monoisotopic (exact) mass is 219 g/mol. The molecule has 3 nitrogen and oxygen atoms in total. The summed E-state index contributed by atoms with van der Waals surface area (Å²) >= 11 is 1.64. The first kappa shape index (κ1) is 10.3. The fraction of sp³-hybridized carbons (Fsp3) is 0.182. The van der Waals surface area contributed by atoms with Gasteiger partial charge in [-0.05, 0) is 13.0 Å². The summed E-state index contributed by atoms with van der Waals surface area (Å²) in [5.74, 6) is 5.25. The molecule has 0 aliphatic heterocycles. The van der Waals surface area contributed by atoms with Gasteiger partial charge in [-0.15, -0.1) is 11.3 Å². The number of aryl methyl sites for hydroxylation is 1. The molecule has 0 atom stereocenters. The second-order valence-corrected chi connectivity index (χ2v) is 4.25. The second kappa shape index (κ2) is 4.53. The number of hydrazine groups is 1. The fourth-order valence-electron chi connectivity index (χ4n) is 1.40. The van der Waals surface area contributed by atoms with Crippen LogP contribution in [0.5, 0.6) is 0 Å². The Morgan fingerprint density at radius 1 is 1.47 bits per heavy atom. The van der Waals surface area contributed by atoms with Crippen molar-refractivity contribution in [1.82, 2.24) is 10.4 Å². The van der Waals surface area contributed by atoms with E-state index in [0.29, 0.717) is 6.54 Å². The average Bonchev–Trinajstić information content (AvgIpc) is 2.67. The lowest BCUT2D eigenvalue weighted by atomic mass is 10.1. The zero-order valence-electron chi connectivity index (χ0n) is 8.53. The van der Waals surface area contributed by atoms with E-state index in [1.165, 1.54) is 11.1 Å². The first-order valence-corrected chi connectivity index (χ1v) is 5.62. The molecule has 0 radical (unpaired) electrons. The molecule has 0 saturated carbocycles. The first-order valence-electron chi connectivity index (χ1n) is 4.74. The van der Waals surface area contributed by atoms with Gasteiger partial charge in [0, 0.05) is 10.9 Å². The van der Waals surface area contributed by atoms with Gasteiger partial charge >= 0.3 is 0 Å². The van der Waals surface area contributed by atoms with Crippen molar-refractivity contribution in [2.75, 3.05) is 0 Å². The molecule has 0 bridgehead atoms. The van der Waals surface area contributed by atoms with Crippen LogP contribution in [-0.4, -0.2) is 4.98 Å². The molecule has 1 heterocycles. The molecule has 0 saturated heterocycles. The van der Waals surface area contributed by atoms with Crippen LogP contribution < -0.4 is 11.3 Å². The number of aromatic nitrogens is 1. The summed E-state index contributed by atoms with van der Waals surface area (Å²) < 4.78 is 0. The van der Waals surface area contributed by atoms with Crippen LogP contribution in [0, 0.1) is 6.92 Å². The molecule has 0 aliphatic rings. The maximum Gasteiger partial charge on any atom is 0.123 e. The number of thiazole rings is 1. The molecule has 0 unspecified atom stereocenters. The van der Waals surface area contributed by atoms with Gasteiger partial charge in [-0.3, -0.25) is 11.3 Å². The fourth-order valence-corrected chi connectivity index (χ4v) is 2.22. The van der Waals surface area contributed by atoms with Crippen molar-refractivity contribution < 1.29 is 0 Å². The van der Waals surface area contributed by atoms with E-state index >= 15 is 0 Å². The third-order valence-corrected chi connectivity index (χ3v) is 3.04. The summed E-state index contributed by atoms with van der Waals surface area (Å²) in [6.45, 7) is 2.70. The predicted octanol–water partition coefficient (Wildman–Crippen LogP) is 2.08. The number of nitrogens with one attached hydrogen (secondary N) is 1. The molecule has 15 heavy (non-hydrogen) atoms. The Morgan fingerprint density at radius 3 is 3.07 bits per heavy atom. The highest BCUT2D eigenvalue weighted by Gasteiger charge is 2.03. The summed E-state index contributed by atoms with van der Waals surface area (Å²) in [5.41, 5.74) is 6.01. The van der Waals surface area contributed by atoms with Crippen molar-refractivity contribution in [3.05, 3.63) is 40.9 Å². The Kier molecular flexibility index (Phi) is 3.11. The normalized spacial score (nSPS) is 10.5. The van der Waals surface area contributed by atoms with E-state index < -0.39 is 0 Å². The Morgan fingerprint density at radius 2 is 2.33 bits per heavy atom. The zero-order valence-corrected chi connectivity index (χ0v) is 9.34. The third kappa shape index (κ3) is 2.41. The van der Waals surface area contributed by atoms with Gasteiger partial charge in [-0.1, -0.05) is 23.8 Å². The Labute approximate surface area is 92.9 Å². The maximum atomic E-state index is 5.25. The molecule has 4 heteroatoms. The second-order valence-electron chi connectivity index (χ2n) is 3.39. The third-order valence-electron chi connectivity index (χ3n) is 2.10. The molecular formula is C11H13N3S. The first-order chi connectivity index (χ1) is 7.29. The molecule has 2 aromatic rings. The molecule has 78 valence electrons. The van der Waals surface area contributed by atoms with Gasteiger partial charge < -0.3 is 0 Å². The lowest BCUT2D eigenvalue weighted by Gasteiger charge is -1.97. The van der Waals surface area contributed by atoms with Gasteiger partial charge in [-0.25, -0.2) is 4.98 Å². The number of hydrogen-bond donors (Lipinski definition) is 2. The number of hydrogen-bond acceptors (Lipinski definition) is 4. The smallest absolute Gasteiger partial charge is 0.123 e. The zero-order chi connectivity index (χ0) is 10.7. The van der Waals surface area contributed by atoms with E-state index in [-0.39, 0.29) is 0 Å². The molecule has 0 fully saturated rings. The van der Waals surface area contributed by atoms with Gasteiger partial charge in [0.05, 0.1) is 12.2 Å². The molecular weight excluding hydrogens is 206 g/mol. The highest BCUT2D eigenvalue weighted by Crippen LogP contribution is 2.24. The van der Waals surface area contributed by atoms with E-state index in [4.69, 9.17) is 5.84 Å². The average molecular weight is 219 g/mol. The van der Waals surface area contributed by atoms with E-state index in [1.54, 1.807) is 11.3 Å². The van der Waals surface area contributed by atoms with Crippen LogP contribution in [0.1, 0.15) is 11.3 Å². The van der Waals surface area contributed by atoms with Crippen molar-refractivity contribution >= 4 is 11.3 Å². The minimum atomic E-state index is 0.613. The molecule has 1 aromatic heterocycles. The highest BCUT2D eigenvalue weighted by molar-refractivity contribution is 7.13. The minimum absolute atomic E-state index is 0.613. The minimum Gasteiger partial charge on any atom is -0.271 e. The SMILES string of the molecule is Cc1cccc(-c2nc(CNN)cs2)c1. The number of benzene rings is 1. The van der Waals surface area contributed by atoms with Crippen molar-refractivity contribution in [2.24, 2.45) is 5.84 Å². The maximum absolute atomic E-state index is 5.25. The van der Waals surface area contributed by atoms with Gasteiger partial charge in [-0.2, -0.15) is 0 Å². The Bertz CT molecular complexity index is 451. The van der Waals surface area contributed by atoms with Crippen LogP contribution in [0.2, 0.25) is 0 Å². The standard InChI is InChI=1S/C11H13N3S/c1-8-3-2-4-9(5-8)11-14-10(6-13-12)7-15-11/h2-5,7,13H,6,12H2,1H3. The summed E-state index contributed by atoms with van der Waals surface area (Å²) in [7, 11) is 0. The van der Waals surface area contributed by atoms with Gasteiger partial charge in [0.2, 0.25) is 0 Å². The Hall–Kier alpha value is -1.23. The van der Waals surface area contributed by atoms with E-state index in [1.807, 2.05) is 11.4 Å².